The van der Waals surface area contributed by atoms with E-state index >= 15 is 0 Å². The zero-order valence-corrected chi connectivity index (χ0v) is 16.0. The number of hydrogen-bond donors (Lipinski definition) is 2. The van der Waals surface area contributed by atoms with E-state index in [9.17, 15) is 14.4 Å². The van der Waals surface area contributed by atoms with Crippen LogP contribution in [0.25, 0.3) is 11.1 Å². The second-order valence-electron chi connectivity index (χ2n) is 6.93. The molecular weight excluding hydrogens is 354 g/mol. The molecule has 0 spiro atoms. The molecule has 0 atom stereocenters. The van der Waals surface area contributed by atoms with E-state index in [4.69, 9.17) is 0 Å². The van der Waals surface area contributed by atoms with Gasteiger partial charge in [-0.15, -0.1) is 0 Å². The van der Waals surface area contributed by atoms with E-state index in [0.717, 1.165) is 29.7 Å². The second-order valence-corrected chi connectivity index (χ2v) is 6.93. The van der Waals surface area contributed by atoms with Crippen molar-refractivity contribution >= 4 is 17.7 Å². The van der Waals surface area contributed by atoms with E-state index < -0.39 is 0 Å². The van der Waals surface area contributed by atoms with E-state index in [2.05, 4.69) is 10.6 Å². The third-order valence-electron chi connectivity index (χ3n) is 4.79. The van der Waals surface area contributed by atoms with Crippen LogP contribution in [0.4, 0.5) is 0 Å². The van der Waals surface area contributed by atoms with Gasteiger partial charge in [0.15, 0.2) is 0 Å². The summed E-state index contributed by atoms with van der Waals surface area (Å²) in [6, 6.07) is 15.4. The minimum Gasteiger partial charge on any atom is -0.352 e. The van der Waals surface area contributed by atoms with Gasteiger partial charge in [0.2, 0.25) is 11.8 Å². The monoisotopic (exact) mass is 379 g/mol. The van der Waals surface area contributed by atoms with Crippen LogP contribution in [-0.2, 0) is 16.1 Å². The minimum atomic E-state index is -0.141. The van der Waals surface area contributed by atoms with Gasteiger partial charge in [0.1, 0.15) is 0 Å². The molecule has 2 aromatic rings. The number of carbonyl (C=O) groups excluding carboxylic acids is 3. The first kappa shape index (κ1) is 19.6. The molecule has 0 bridgehead atoms. The summed E-state index contributed by atoms with van der Waals surface area (Å²) in [5.74, 6) is -0.0354. The Labute approximate surface area is 164 Å². The largest absolute Gasteiger partial charge is 0.352 e. The zero-order valence-electron chi connectivity index (χ0n) is 16.0. The highest BCUT2D eigenvalue weighted by Gasteiger charge is 2.19. The van der Waals surface area contributed by atoms with Gasteiger partial charge >= 0.3 is 0 Å². The third-order valence-corrected chi connectivity index (χ3v) is 4.79. The van der Waals surface area contributed by atoms with Gasteiger partial charge < -0.3 is 15.5 Å². The van der Waals surface area contributed by atoms with Crippen LogP contribution in [-0.4, -0.2) is 42.3 Å². The fourth-order valence-corrected chi connectivity index (χ4v) is 3.25. The summed E-state index contributed by atoms with van der Waals surface area (Å²) in [6.45, 7) is 3.78. The molecule has 1 aliphatic heterocycles. The summed E-state index contributed by atoms with van der Waals surface area (Å²) in [7, 11) is 0. The first-order valence-corrected chi connectivity index (χ1v) is 9.53. The average Bonchev–Trinajstić information content (AvgIpc) is 3.11. The van der Waals surface area contributed by atoms with Gasteiger partial charge in [0.25, 0.3) is 5.91 Å². The number of nitrogens with one attached hydrogen (secondary N) is 2. The van der Waals surface area contributed by atoms with Crippen LogP contribution in [0.2, 0.25) is 0 Å². The molecule has 6 heteroatoms. The Kier molecular flexibility index (Phi) is 6.42. The van der Waals surface area contributed by atoms with Crippen molar-refractivity contribution in [3.63, 3.8) is 0 Å². The van der Waals surface area contributed by atoms with Crippen LogP contribution in [0, 0.1) is 0 Å². The fourth-order valence-electron chi connectivity index (χ4n) is 3.25. The summed E-state index contributed by atoms with van der Waals surface area (Å²) < 4.78 is 0. The molecule has 2 aromatic carbocycles. The standard InChI is InChI=1S/C22H25N3O3/c1-16(26)24-15-17-4-2-5-20(14-17)18-7-9-19(10-8-18)22(28)23-11-13-25-12-3-6-21(25)27/h2,4-5,7-10,14H,3,6,11-13,15H2,1H3,(H,23,28)(H,24,26). The smallest absolute Gasteiger partial charge is 0.251 e. The quantitative estimate of drug-likeness (QED) is 0.775. The van der Waals surface area contributed by atoms with E-state index in [1.165, 1.54) is 6.92 Å². The molecule has 0 saturated carbocycles. The van der Waals surface area contributed by atoms with Crippen LogP contribution >= 0.6 is 0 Å². The Balaban J connectivity index is 1.56. The van der Waals surface area contributed by atoms with Crippen LogP contribution in [0.15, 0.2) is 48.5 Å². The topological polar surface area (TPSA) is 78.5 Å². The zero-order chi connectivity index (χ0) is 19.9. The van der Waals surface area contributed by atoms with Crippen molar-refractivity contribution in [2.45, 2.75) is 26.3 Å². The molecule has 0 unspecified atom stereocenters. The summed E-state index contributed by atoms with van der Waals surface area (Å²) in [6.07, 6.45) is 1.52. The maximum absolute atomic E-state index is 12.3. The van der Waals surface area contributed by atoms with E-state index in [0.29, 0.717) is 31.6 Å². The molecule has 1 fully saturated rings. The normalized spacial score (nSPS) is 13.5. The Morgan fingerprint density at radius 2 is 1.82 bits per heavy atom. The number of likely N-dealkylation sites (tertiary alicyclic amines) is 1. The lowest BCUT2D eigenvalue weighted by Crippen LogP contribution is -2.35. The lowest BCUT2D eigenvalue weighted by Gasteiger charge is -2.15. The van der Waals surface area contributed by atoms with Crippen molar-refractivity contribution in [1.82, 2.24) is 15.5 Å². The number of carbonyl (C=O) groups is 3. The highest BCUT2D eigenvalue weighted by atomic mass is 16.2. The molecule has 6 nitrogen and oxygen atoms in total. The minimum absolute atomic E-state index is 0.0603. The molecule has 1 saturated heterocycles. The maximum atomic E-state index is 12.3. The highest BCUT2D eigenvalue weighted by Crippen LogP contribution is 2.21. The van der Waals surface area contributed by atoms with E-state index in [1.807, 2.05) is 36.4 Å². The average molecular weight is 379 g/mol. The van der Waals surface area contributed by atoms with Gasteiger partial charge in [-0.1, -0.05) is 30.3 Å². The second kappa shape index (κ2) is 9.17. The SMILES string of the molecule is CC(=O)NCc1cccc(-c2ccc(C(=O)NCCN3CCCC3=O)cc2)c1. The van der Waals surface area contributed by atoms with Crippen molar-refractivity contribution in [2.24, 2.45) is 0 Å². The van der Waals surface area contributed by atoms with Gasteiger partial charge in [0.05, 0.1) is 0 Å². The maximum Gasteiger partial charge on any atom is 0.251 e. The van der Waals surface area contributed by atoms with Crippen molar-refractivity contribution in [3.8, 4) is 11.1 Å². The van der Waals surface area contributed by atoms with Gasteiger partial charge in [-0.05, 0) is 41.3 Å². The number of nitrogens with zero attached hydrogens (tertiary/aromatic N) is 1. The van der Waals surface area contributed by atoms with Gasteiger partial charge in [-0.25, -0.2) is 0 Å². The predicted octanol–water partition coefficient (Wildman–Crippen LogP) is 2.34. The molecule has 2 N–H and O–H groups in total. The van der Waals surface area contributed by atoms with Crippen molar-refractivity contribution < 1.29 is 14.4 Å². The van der Waals surface area contributed by atoms with E-state index in [1.54, 1.807) is 17.0 Å². The summed E-state index contributed by atoms with van der Waals surface area (Å²) in [5.41, 5.74) is 3.64. The Hall–Kier alpha value is -3.15. The molecule has 0 aliphatic carbocycles. The van der Waals surface area contributed by atoms with Crippen LogP contribution in [0.1, 0.15) is 35.7 Å². The fraction of sp³-hybridized carbons (Fsp3) is 0.318. The lowest BCUT2D eigenvalue weighted by molar-refractivity contribution is -0.127. The first-order chi connectivity index (χ1) is 13.5. The predicted molar refractivity (Wildman–Crippen MR) is 108 cm³/mol. The van der Waals surface area contributed by atoms with Gasteiger partial charge in [0, 0.05) is 45.1 Å². The third kappa shape index (κ3) is 5.19. The van der Waals surface area contributed by atoms with Crippen LogP contribution in [0.3, 0.4) is 0 Å². The van der Waals surface area contributed by atoms with Crippen molar-refractivity contribution in [2.75, 3.05) is 19.6 Å². The number of amides is 3. The molecule has 1 heterocycles. The molecule has 0 aromatic heterocycles. The summed E-state index contributed by atoms with van der Waals surface area (Å²) >= 11 is 0. The van der Waals surface area contributed by atoms with Crippen LogP contribution in [0.5, 0.6) is 0 Å². The molecule has 3 amide bonds. The summed E-state index contributed by atoms with van der Waals surface area (Å²) in [4.78, 5) is 36.7. The molecule has 1 aliphatic rings. The number of benzene rings is 2. The molecular formula is C22H25N3O3. The van der Waals surface area contributed by atoms with Crippen LogP contribution < -0.4 is 10.6 Å². The summed E-state index contributed by atoms with van der Waals surface area (Å²) in [5, 5.41) is 5.66. The highest BCUT2D eigenvalue weighted by molar-refractivity contribution is 5.94. The number of hydrogen-bond acceptors (Lipinski definition) is 3. The van der Waals surface area contributed by atoms with E-state index in [-0.39, 0.29) is 17.7 Å². The number of rotatable bonds is 7. The molecule has 28 heavy (non-hydrogen) atoms. The Bertz CT molecular complexity index is 862. The van der Waals surface area contributed by atoms with Crippen molar-refractivity contribution in [1.29, 1.82) is 0 Å². The first-order valence-electron chi connectivity index (χ1n) is 9.53. The molecule has 0 radical (unpaired) electrons. The Morgan fingerprint density at radius 3 is 2.50 bits per heavy atom. The van der Waals surface area contributed by atoms with Gasteiger partial charge in [-0.2, -0.15) is 0 Å². The molecule has 146 valence electrons. The van der Waals surface area contributed by atoms with Crippen molar-refractivity contribution in [3.05, 3.63) is 59.7 Å². The molecule has 3 rings (SSSR count). The van der Waals surface area contributed by atoms with Gasteiger partial charge in [-0.3, -0.25) is 14.4 Å². The Morgan fingerprint density at radius 1 is 1.04 bits per heavy atom. The lowest BCUT2D eigenvalue weighted by atomic mass is 10.0.